The Balaban J connectivity index is 1.53. The molecule has 0 aromatic heterocycles. The zero-order valence-electron chi connectivity index (χ0n) is 11.5. The van der Waals surface area contributed by atoms with Crippen molar-refractivity contribution in [2.24, 2.45) is 11.8 Å². The number of hydrazine groups is 1. The van der Waals surface area contributed by atoms with Crippen molar-refractivity contribution in [2.75, 3.05) is 5.43 Å². The molecule has 3 atom stereocenters. The summed E-state index contributed by atoms with van der Waals surface area (Å²) in [5, 5.41) is 14.7. The smallest absolute Gasteiger partial charge is 0.294 e. The van der Waals surface area contributed by atoms with E-state index in [0.29, 0.717) is 16.8 Å². The topological polar surface area (TPSA) is 79.2 Å². The number of benzene rings is 1. The Hall–Kier alpha value is -1.89. The van der Waals surface area contributed by atoms with Crippen molar-refractivity contribution >= 4 is 28.7 Å². The minimum Gasteiger partial charge on any atom is -0.358 e. The van der Waals surface area contributed by atoms with E-state index in [2.05, 4.69) is 16.2 Å². The molecular formula is C14H18N4O2S. The fourth-order valence-corrected chi connectivity index (χ4v) is 3.69. The van der Waals surface area contributed by atoms with Gasteiger partial charge in [-0.1, -0.05) is 18.6 Å². The van der Waals surface area contributed by atoms with Crippen LogP contribution in [0, 0.1) is 22.0 Å². The SMILES string of the molecule is O=[N+]([O-])c1ccccc1NNC(=S)NC1CC2CCC1C2. The lowest BCUT2D eigenvalue weighted by atomic mass is 9.96. The van der Waals surface area contributed by atoms with Gasteiger partial charge in [0.1, 0.15) is 5.69 Å². The van der Waals surface area contributed by atoms with Gasteiger partial charge in [-0.2, -0.15) is 0 Å². The van der Waals surface area contributed by atoms with Crippen LogP contribution in [0.1, 0.15) is 25.7 Å². The van der Waals surface area contributed by atoms with Gasteiger partial charge in [0, 0.05) is 12.1 Å². The largest absolute Gasteiger partial charge is 0.358 e. The molecule has 21 heavy (non-hydrogen) atoms. The van der Waals surface area contributed by atoms with E-state index in [1.807, 2.05) is 0 Å². The van der Waals surface area contributed by atoms with Crippen molar-refractivity contribution in [3.05, 3.63) is 34.4 Å². The Morgan fingerprint density at radius 2 is 2.10 bits per heavy atom. The van der Waals surface area contributed by atoms with Crippen LogP contribution in [-0.4, -0.2) is 16.1 Å². The summed E-state index contributed by atoms with van der Waals surface area (Å²) < 4.78 is 0. The zero-order chi connectivity index (χ0) is 14.8. The quantitative estimate of drug-likeness (QED) is 0.451. The standard InChI is InChI=1S/C14H18N4O2S/c19-18(20)13-4-2-1-3-11(13)16-17-14(21)15-12-8-9-5-6-10(12)7-9/h1-4,9-10,12,16H,5-8H2,(H2,15,17,21). The Morgan fingerprint density at radius 1 is 1.29 bits per heavy atom. The molecule has 3 unspecified atom stereocenters. The molecule has 0 amide bonds. The number of rotatable bonds is 4. The Morgan fingerprint density at radius 3 is 2.76 bits per heavy atom. The van der Waals surface area contributed by atoms with Crippen LogP contribution >= 0.6 is 12.2 Å². The monoisotopic (exact) mass is 306 g/mol. The van der Waals surface area contributed by atoms with Crippen LogP contribution in [0.2, 0.25) is 0 Å². The molecule has 0 saturated heterocycles. The summed E-state index contributed by atoms with van der Waals surface area (Å²) in [6.07, 6.45) is 5.11. The molecule has 0 aliphatic heterocycles. The normalized spacial score (nSPS) is 26.4. The predicted octanol–water partition coefficient (Wildman–Crippen LogP) is 2.57. The second-order valence-corrected chi connectivity index (χ2v) is 6.19. The highest BCUT2D eigenvalue weighted by molar-refractivity contribution is 7.80. The molecule has 112 valence electrons. The highest BCUT2D eigenvalue weighted by atomic mass is 32.1. The van der Waals surface area contributed by atoms with Crippen molar-refractivity contribution < 1.29 is 4.92 Å². The van der Waals surface area contributed by atoms with Gasteiger partial charge in [-0.3, -0.25) is 21.0 Å². The molecular weight excluding hydrogens is 288 g/mol. The first-order valence-corrected chi connectivity index (χ1v) is 7.60. The molecule has 1 aromatic rings. The summed E-state index contributed by atoms with van der Waals surface area (Å²) in [5.74, 6) is 1.57. The first-order chi connectivity index (χ1) is 10.1. The van der Waals surface area contributed by atoms with Crippen LogP contribution in [0.3, 0.4) is 0 Å². The van der Waals surface area contributed by atoms with E-state index < -0.39 is 4.92 Å². The fourth-order valence-electron chi connectivity index (χ4n) is 3.49. The third kappa shape index (κ3) is 3.07. The number of fused-ring (bicyclic) bond motifs is 2. The number of nitrogens with one attached hydrogen (secondary N) is 3. The van der Waals surface area contributed by atoms with E-state index >= 15 is 0 Å². The van der Waals surface area contributed by atoms with Crippen molar-refractivity contribution in [3.8, 4) is 0 Å². The van der Waals surface area contributed by atoms with E-state index in [4.69, 9.17) is 12.2 Å². The number of para-hydroxylation sites is 2. The molecule has 0 radical (unpaired) electrons. The van der Waals surface area contributed by atoms with Gasteiger partial charge >= 0.3 is 0 Å². The van der Waals surface area contributed by atoms with Crippen LogP contribution in [0.25, 0.3) is 0 Å². The van der Waals surface area contributed by atoms with Crippen molar-refractivity contribution in [2.45, 2.75) is 31.7 Å². The first-order valence-electron chi connectivity index (χ1n) is 7.19. The molecule has 3 rings (SSSR count). The van der Waals surface area contributed by atoms with Gasteiger partial charge in [0.2, 0.25) is 0 Å². The Kier molecular flexibility index (Phi) is 3.92. The maximum absolute atomic E-state index is 10.9. The first kappa shape index (κ1) is 14.1. The van der Waals surface area contributed by atoms with Gasteiger partial charge in [-0.05, 0) is 49.4 Å². The molecule has 2 bridgehead atoms. The van der Waals surface area contributed by atoms with E-state index in [0.717, 1.165) is 11.8 Å². The molecule has 2 aliphatic carbocycles. The summed E-state index contributed by atoms with van der Waals surface area (Å²) in [5.41, 5.74) is 6.09. The lowest BCUT2D eigenvalue weighted by Gasteiger charge is -2.24. The molecule has 1 aromatic carbocycles. The maximum Gasteiger partial charge on any atom is 0.294 e. The summed E-state index contributed by atoms with van der Waals surface area (Å²) in [6.45, 7) is 0. The highest BCUT2D eigenvalue weighted by Gasteiger charge is 2.39. The summed E-state index contributed by atoms with van der Waals surface area (Å²) in [7, 11) is 0. The van der Waals surface area contributed by atoms with E-state index in [9.17, 15) is 10.1 Å². The number of hydrogen-bond acceptors (Lipinski definition) is 4. The Labute approximate surface area is 128 Å². The summed E-state index contributed by atoms with van der Waals surface area (Å²) in [6, 6.07) is 6.91. The van der Waals surface area contributed by atoms with Crippen molar-refractivity contribution in [1.29, 1.82) is 0 Å². The average molecular weight is 306 g/mol. The fraction of sp³-hybridized carbons (Fsp3) is 0.500. The van der Waals surface area contributed by atoms with Crippen LogP contribution < -0.4 is 16.2 Å². The number of nitro benzene ring substituents is 1. The molecule has 0 heterocycles. The van der Waals surface area contributed by atoms with E-state index in [-0.39, 0.29) is 5.69 Å². The van der Waals surface area contributed by atoms with Crippen LogP contribution in [-0.2, 0) is 0 Å². The number of nitro groups is 1. The lowest BCUT2D eigenvalue weighted by Crippen LogP contribution is -2.46. The van der Waals surface area contributed by atoms with Crippen LogP contribution in [0.4, 0.5) is 11.4 Å². The second-order valence-electron chi connectivity index (χ2n) is 5.78. The Bertz CT molecular complexity index is 566. The molecule has 2 aliphatic rings. The van der Waals surface area contributed by atoms with Crippen molar-refractivity contribution in [3.63, 3.8) is 0 Å². The maximum atomic E-state index is 10.9. The average Bonchev–Trinajstić information content (AvgIpc) is 3.08. The third-order valence-electron chi connectivity index (χ3n) is 4.47. The van der Waals surface area contributed by atoms with E-state index in [1.165, 1.54) is 31.7 Å². The lowest BCUT2D eigenvalue weighted by molar-refractivity contribution is -0.384. The molecule has 2 saturated carbocycles. The molecule has 2 fully saturated rings. The van der Waals surface area contributed by atoms with E-state index in [1.54, 1.807) is 18.2 Å². The third-order valence-corrected chi connectivity index (χ3v) is 4.69. The minimum absolute atomic E-state index is 0.0210. The number of anilines is 1. The minimum atomic E-state index is -0.420. The van der Waals surface area contributed by atoms with Crippen LogP contribution in [0.5, 0.6) is 0 Å². The van der Waals surface area contributed by atoms with Gasteiger partial charge in [0.25, 0.3) is 5.69 Å². The number of thiocarbonyl (C=S) groups is 1. The van der Waals surface area contributed by atoms with Crippen LogP contribution in [0.15, 0.2) is 24.3 Å². The molecule has 0 spiro atoms. The van der Waals surface area contributed by atoms with Crippen molar-refractivity contribution in [1.82, 2.24) is 10.7 Å². The predicted molar refractivity (Wildman–Crippen MR) is 84.8 cm³/mol. The molecule has 7 heteroatoms. The van der Waals surface area contributed by atoms with Gasteiger partial charge in [0.15, 0.2) is 5.11 Å². The zero-order valence-corrected chi connectivity index (χ0v) is 12.4. The summed E-state index contributed by atoms with van der Waals surface area (Å²) >= 11 is 5.26. The molecule has 3 N–H and O–H groups in total. The number of nitrogens with zero attached hydrogens (tertiary/aromatic N) is 1. The molecule has 6 nitrogen and oxygen atoms in total. The van der Waals surface area contributed by atoms with Gasteiger partial charge in [-0.25, -0.2) is 0 Å². The highest BCUT2D eigenvalue weighted by Crippen LogP contribution is 2.44. The number of hydrogen-bond donors (Lipinski definition) is 3. The summed E-state index contributed by atoms with van der Waals surface area (Å²) in [4.78, 5) is 10.5. The second kappa shape index (κ2) is 5.85. The van der Waals surface area contributed by atoms with Gasteiger partial charge < -0.3 is 5.32 Å². The van der Waals surface area contributed by atoms with Gasteiger partial charge in [-0.15, -0.1) is 0 Å². The van der Waals surface area contributed by atoms with Gasteiger partial charge in [0.05, 0.1) is 4.92 Å².